The third kappa shape index (κ3) is 2.58. The van der Waals surface area contributed by atoms with Crippen LogP contribution in [0.5, 0.6) is 0 Å². The van der Waals surface area contributed by atoms with E-state index < -0.39 is 0 Å². The molecule has 2 aliphatic rings. The predicted molar refractivity (Wildman–Crippen MR) is 81.4 cm³/mol. The van der Waals surface area contributed by atoms with E-state index in [1.165, 1.54) is 50.6 Å². The van der Waals surface area contributed by atoms with E-state index in [1.54, 1.807) is 5.56 Å². The van der Waals surface area contributed by atoms with Gasteiger partial charge in [-0.15, -0.1) is 0 Å². The molecule has 0 amide bonds. The van der Waals surface area contributed by atoms with Gasteiger partial charge in [-0.1, -0.05) is 51.0 Å². The number of benzene rings is 1. The summed E-state index contributed by atoms with van der Waals surface area (Å²) < 4.78 is 0. The quantitative estimate of drug-likeness (QED) is 0.836. The molecule has 1 aromatic rings. The second kappa shape index (κ2) is 5.28. The van der Waals surface area contributed by atoms with Gasteiger partial charge < -0.3 is 5.32 Å². The molecule has 0 bridgehead atoms. The van der Waals surface area contributed by atoms with Gasteiger partial charge in [0.1, 0.15) is 0 Å². The first-order valence-electron chi connectivity index (χ1n) is 8.08. The van der Waals surface area contributed by atoms with Crippen LogP contribution in [0.1, 0.15) is 69.4 Å². The standard InChI is InChI=1S/C18H27N/c1-14(2)15-6-8-16(9-7-15)18(17-10-11-17)12-4-3-5-13-19-18/h6-9,14,17,19H,3-5,10-13H2,1-2H3. The Labute approximate surface area is 117 Å². The van der Waals surface area contributed by atoms with Crippen molar-refractivity contribution in [1.29, 1.82) is 0 Å². The first kappa shape index (κ1) is 13.2. The minimum absolute atomic E-state index is 0.298. The zero-order valence-corrected chi connectivity index (χ0v) is 12.4. The highest BCUT2D eigenvalue weighted by atomic mass is 15.0. The molecule has 19 heavy (non-hydrogen) atoms. The number of nitrogens with one attached hydrogen (secondary N) is 1. The van der Waals surface area contributed by atoms with Crippen LogP contribution >= 0.6 is 0 Å². The van der Waals surface area contributed by atoms with Gasteiger partial charge in [-0.2, -0.15) is 0 Å². The molecule has 1 aliphatic heterocycles. The van der Waals surface area contributed by atoms with Crippen molar-refractivity contribution in [3.8, 4) is 0 Å². The van der Waals surface area contributed by atoms with Crippen molar-refractivity contribution in [2.75, 3.05) is 6.54 Å². The Hall–Kier alpha value is -0.820. The maximum atomic E-state index is 3.92. The van der Waals surface area contributed by atoms with Gasteiger partial charge in [0.05, 0.1) is 0 Å². The summed E-state index contributed by atoms with van der Waals surface area (Å²) in [4.78, 5) is 0. The molecular weight excluding hydrogens is 230 g/mol. The molecule has 0 aromatic heterocycles. The maximum Gasteiger partial charge on any atom is 0.0463 e. The Balaban J connectivity index is 1.90. The first-order chi connectivity index (χ1) is 9.22. The van der Waals surface area contributed by atoms with Gasteiger partial charge in [0.2, 0.25) is 0 Å². The number of rotatable bonds is 3. The molecule has 1 aliphatic carbocycles. The molecule has 104 valence electrons. The zero-order valence-electron chi connectivity index (χ0n) is 12.4. The van der Waals surface area contributed by atoms with E-state index in [2.05, 4.69) is 43.4 Å². The first-order valence-corrected chi connectivity index (χ1v) is 8.08. The van der Waals surface area contributed by atoms with Crippen molar-refractivity contribution < 1.29 is 0 Å². The van der Waals surface area contributed by atoms with E-state index in [9.17, 15) is 0 Å². The summed E-state index contributed by atoms with van der Waals surface area (Å²) in [5.74, 6) is 1.52. The lowest BCUT2D eigenvalue weighted by atomic mass is 9.80. The van der Waals surface area contributed by atoms with Crippen LogP contribution in [0.4, 0.5) is 0 Å². The van der Waals surface area contributed by atoms with Gasteiger partial charge in [-0.3, -0.25) is 0 Å². The largest absolute Gasteiger partial charge is 0.307 e. The van der Waals surface area contributed by atoms with Crippen LogP contribution in [-0.4, -0.2) is 6.54 Å². The molecule has 0 radical (unpaired) electrons. The van der Waals surface area contributed by atoms with Gasteiger partial charge in [0.25, 0.3) is 0 Å². The van der Waals surface area contributed by atoms with E-state index >= 15 is 0 Å². The average molecular weight is 257 g/mol. The Morgan fingerprint density at radius 3 is 2.42 bits per heavy atom. The highest BCUT2D eigenvalue weighted by Crippen LogP contribution is 2.49. The fourth-order valence-electron chi connectivity index (χ4n) is 3.68. The average Bonchev–Trinajstić information content (AvgIpc) is 3.25. The summed E-state index contributed by atoms with van der Waals surface area (Å²) in [6, 6.07) is 9.48. The summed E-state index contributed by atoms with van der Waals surface area (Å²) in [7, 11) is 0. The Morgan fingerprint density at radius 1 is 1.05 bits per heavy atom. The molecule has 1 nitrogen and oxygen atoms in total. The lowest BCUT2D eigenvalue weighted by molar-refractivity contribution is 0.279. The van der Waals surface area contributed by atoms with Crippen LogP contribution in [0.25, 0.3) is 0 Å². The summed E-state index contributed by atoms with van der Waals surface area (Å²) in [6.45, 7) is 5.74. The van der Waals surface area contributed by atoms with Crippen molar-refractivity contribution in [2.24, 2.45) is 5.92 Å². The fraction of sp³-hybridized carbons (Fsp3) is 0.667. The summed E-state index contributed by atoms with van der Waals surface area (Å²) in [5.41, 5.74) is 3.30. The second-order valence-corrected chi connectivity index (χ2v) is 6.76. The lowest BCUT2D eigenvalue weighted by Gasteiger charge is -2.35. The lowest BCUT2D eigenvalue weighted by Crippen LogP contribution is -2.43. The molecule has 1 atom stereocenters. The van der Waals surface area contributed by atoms with Crippen molar-refractivity contribution in [3.63, 3.8) is 0 Å². The van der Waals surface area contributed by atoms with Crippen LogP contribution in [0, 0.1) is 5.92 Å². The molecule has 3 rings (SSSR count). The minimum atomic E-state index is 0.298. The number of hydrogen-bond acceptors (Lipinski definition) is 1. The smallest absolute Gasteiger partial charge is 0.0463 e. The molecule has 1 unspecified atom stereocenters. The summed E-state index contributed by atoms with van der Waals surface area (Å²) >= 11 is 0. The predicted octanol–water partition coefficient (Wildman–Crippen LogP) is 4.58. The molecule has 1 saturated carbocycles. The summed E-state index contributed by atoms with van der Waals surface area (Å²) in [5, 5.41) is 3.92. The Morgan fingerprint density at radius 2 is 1.79 bits per heavy atom. The van der Waals surface area contributed by atoms with Crippen molar-refractivity contribution in [3.05, 3.63) is 35.4 Å². The highest BCUT2D eigenvalue weighted by molar-refractivity contribution is 5.32. The van der Waals surface area contributed by atoms with E-state index in [0.29, 0.717) is 11.5 Å². The topological polar surface area (TPSA) is 12.0 Å². The van der Waals surface area contributed by atoms with E-state index in [1.807, 2.05) is 0 Å². The summed E-state index contributed by atoms with van der Waals surface area (Å²) in [6.07, 6.45) is 8.29. The molecule has 2 fully saturated rings. The Bertz CT molecular complexity index is 406. The van der Waals surface area contributed by atoms with Crippen LogP contribution in [0.2, 0.25) is 0 Å². The molecule has 1 saturated heterocycles. The van der Waals surface area contributed by atoms with Gasteiger partial charge >= 0.3 is 0 Å². The van der Waals surface area contributed by atoms with Gasteiger partial charge in [-0.05, 0) is 55.2 Å². The van der Waals surface area contributed by atoms with Crippen LogP contribution in [0.15, 0.2) is 24.3 Å². The van der Waals surface area contributed by atoms with E-state index in [0.717, 1.165) is 5.92 Å². The monoisotopic (exact) mass is 257 g/mol. The molecule has 1 aromatic carbocycles. The molecule has 1 N–H and O–H groups in total. The van der Waals surface area contributed by atoms with Gasteiger partial charge in [0, 0.05) is 5.54 Å². The molecule has 0 spiro atoms. The highest BCUT2D eigenvalue weighted by Gasteiger charge is 2.45. The number of hydrogen-bond donors (Lipinski definition) is 1. The molecule has 1 heterocycles. The van der Waals surface area contributed by atoms with E-state index in [4.69, 9.17) is 0 Å². The van der Waals surface area contributed by atoms with Gasteiger partial charge in [-0.25, -0.2) is 0 Å². The molecular formula is C18H27N. The SMILES string of the molecule is CC(C)c1ccc(C2(C3CC3)CCCCCN2)cc1. The third-order valence-electron chi connectivity index (χ3n) is 5.06. The van der Waals surface area contributed by atoms with Crippen LogP contribution in [0.3, 0.4) is 0 Å². The molecule has 1 heteroatoms. The van der Waals surface area contributed by atoms with Crippen LogP contribution < -0.4 is 5.32 Å². The van der Waals surface area contributed by atoms with Crippen LogP contribution in [-0.2, 0) is 5.54 Å². The third-order valence-corrected chi connectivity index (χ3v) is 5.06. The minimum Gasteiger partial charge on any atom is -0.307 e. The maximum absolute atomic E-state index is 3.92. The van der Waals surface area contributed by atoms with Crippen molar-refractivity contribution in [1.82, 2.24) is 5.32 Å². The Kier molecular flexibility index (Phi) is 3.66. The van der Waals surface area contributed by atoms with Crippen molar-refractivity contribution in [2.45, 2.75) is 63.8 Å². The van der Waals surface area contributed by atoms with Crippen molar-refractivity contribution >= 4 is 0 Å². The second-order valence-electron chi connectivity index (χ2n) is 6.76. The normalized spacial score (nSPS) is 28.4. The van der Waals surface area contributed by atoms with Gasteiger partial charge in [0.15, 0.2) is 0 Å². The zero-order chi connectivity index (χ0) is 13.3. The van der Waals surface area contributed by atoms with E-state index in [-0.39, 0.29) is 0 Å². The fourth-order valence-corrected chi connectivity index (χ4v) is 3.68.